The van der Waals surface area contributed by atoms with Gasteiger partial charge in [-0.25, -0.2) is 17.8 Å². The van der Waals surface area contributed by atoms with Crippen LogP contribution >= 0.6 is 11.6 Å². The summed E-state index contributed by atoms with van der Waals surface area (Å²) in [5, 5.41) is 4.30. The van der Waals surface area contributed by atoms with E-state index in [9.17, 15) is 13.2 Å². The molecular weight excluding hydrogens is 366 g/mol. The van der Waals surface area contributed by atoms with Crippen LogP contribution in [0.1, 0.15) is 0 Å². The van der Waals surface area contributed by atoms with Gasteiger partial charge >= 0.3 is 0 Å². The van der Waals surface area contributed by atoms with Gasteiger partial charge in [-0.2, -0.15) is 5.10 Å². The van der Waals surface area contributed by atoms with Crippen molar-refractivity contribution in [1.29, 1.82) is 0 Å². The Kier molecular flexibility index (Phi) is 5.03. The summed E-state index contributed by atoms with van der Waals surface area (Å²) in [4.78, 5) is 11.9. The fourth-order valence-corrected chi connectivity index (χ4v) is 3.73. The molecule has 0 saturated carbocycles. The molecule has 0 radical (unpaired) electrons. The molecule has 25 heavy (non-hydrogen) atoms. The molecule has 7 nitrogen and oxygen atoms in total. The van der Waals surface area contributed by atoms with Crippen molar-refractivity contribution in [3.05, 3.63) is 70.2 Å². The van der Waals surface area contributed by atoms with Gasteiger partial charge in [-0.3, -0.25) is 4.79 Å². The molecular formula is C16H14ClN3O4S. The molecule has 130 valence electrons. The van der Waals surface area contributed by atoms with E-state index in [1.165, 1.54) is 29.1 Å². The fraction of sp³-hybridized carbons (Fsp3) is 0.125. The third kappa shape index (κ3) is 3.98. The lowest BCUT2D eigenvalue weighted by Crippen LogP contribution is -2.32. The van der Waals surface area contributed by atoms with Crippen LogP contribution in [0.5, 0.6) is 0 Å². The highest BCUT2D eigenvalue weighted by atomic mass is 35.5. The number of nitrogens with zero attached hydrogens (tertiary/aromatic N) is 2. The normalized spacial score (nSPS) is 11.6. The largest absolute Gasteiger partial charge is 0.463 e. The summed E-state index contributed by atoms with van der Waals surface area (Å²) in [6, 6.07) is 12.5. The molecule has 1 aromatic carbocycles. The number of hydrogen-bond acceptors (Lipinski definition) is 5. The number of nitrogens with one attached hydrogen (secondary N) is 1. The highest BCUT2D eigenvalue weighted by Crippen LogP contribution is 2.20. The Morgan fingerprint density at radius 2 is 1.92 bits per heavy atom. The lowest BCUT2D eigenvalue weighted by atomic mass is 10.3. The fourth-order valence-electron chi connectivity index (χ4n) is 2.19. The first-order chi connectivity index (χ1) is 12.0. The Morgan fingerprint density at radius 1 is 1.12 bits per heavy atom. The van der Waals surface area contributed by atoms with Gasteiger partial charge < -0.3 is 4.42 Å². The summed E-state index contributed by atoms with van der Waals surface area (Å²) in [5.74, 6) is 0.519. The van der Waals surface area contributed by atoms with Crippen LogP contribution in [-0.4, -0.2) is 24.7 Å². The van der Waals surface area contributed by atoms with Gasteiger partial charge in [0.2, 0.25) is 10.0 Å². The van der Waals surface area contributed by atoms with Crippen molar-refractivity contribution in [2.24, 2.45) is 0 Å². The molecule has 0 saturated heterocycles. The van der Waals surface area contributed by atoms with E-state index in [4.69, 9.17) is 16.0 Å². The molecule has 0 spiro atoms. The molecule has 0 amide bonds. The molecule has 0 bridgehead atoms. The molecule has 2 aromatic heterocycles. The maximum absolute atomic E-state index is 12.3. The van der Waals surface area contributed by atoms with E-state index in [1.54, 1.807) is 30.3 Å². The second kappa shape index (κ2) is 7.22. The number of sulfonamides is 1. The molecule has 0 fully saturated rings. The molecule has 3 aromatic rings. The van der Waals surface area contributed by atoms with Gasteiger partial charge in [0.05, 0.1) is 17.8 Å². The SMILES string of the molecule is O=c1ccc(-c2ccco2)nn1CCNS(=O)(=O)c1ccccc1Cl. The average molecular weight is 380 g/mol. The summed E-state index contributed by atoms with van der Waals surface area (Å²) < 4.78 is 33.4. The van der Waals surface area contributed by atoms with E-state index >= 15 is 0 Å². The number of hydrogen-bond donors (Lipinski definition) is 1. The van der Waals surface area contributed by atoms with Crippen LogP contribution in [0, 0.1) is 0 Å². The van der Waals surface area contributed by atoms with Gasteiger partial charge in [-0.05, 0) is 30.3 Å². The molecule has 9 heteroatoms. The molecule has 0 atom stereocenters. The Hall–Kier alpha value is -2.42. The van der Waals surface area contributed by atoms with Crippen LogP contribution < -0.4 is 10.3 Å². The Balaban J connectivity index is 1.73. The highest BCUT2D eigenvalue weighted by molar-refractivity contribution is 7.89. The Bertz CT molecular complexity index is 1030. The van der Waals surface area contributed by atoms with Crippen LogP contribution in [0.3, 0.4) is 0 Å². The molecule has 3 rings (SSSR count). The third-order valence-electron chi connectivity index (χ3n) is 3.38. The Morgan fingerprint density at radius 3 is 2.64 bits per heavy atom. The third-order valence-corrected chi connectivity index (χ3v) is 5.34. The average Bonchev–Trinajstić information content (AvgIpc) is 3.11. The van der Waals surface area contributed by atoms with Crippen molar-refractivity contribution < 1.29 is 12.8 Å². The van der Waals surface area contributed by atoms with E-state index < -0.39 is 10.0 Å². The second-order valence-corrected chi connectivity index (χ2v) is 7.23. The van der Waals surface area contributed by atoms with Crippen molar-refractivity contribution in [3.63, 3.8) is 0 Å². The van der Waals surface area contributed by atoms with Crippen LogP contribution in [0.15, 0.2) is 68.9 Å². The summed E-state index contributed by atoms with van der Waals surface area (Å²) in [5.41, 5.74) is 0.144. The minimum absolute atomic E-state index is 0.0118. The number of benzene rings is 1. The molecule has 0 aliphatic heterocycles. The van der Waals surface area contributed by atoms with Crippen molar-refractivity contribution >= 4 is 21.6 Å². The van der Waals surface area contributed by atoms with E-state index in [0.29, 0.717) is 11.5 Å². The zero-order chi connectivity index (χ0) is 17.9. The number of aromatic nitrogens is 2. The maximum Gasteiger partial charge on any atom is 0.266 e. The maximum atomic E-state index is 12.3. The Labute approximate surface area is 148 Å². The smallest absolute Gasteiger partial charge is 0.266 e. The summed E-state index contributed by atoms with van der Waals surface area (Å²) >= 11 is 5.91. The molecule has 0 unspecified atom stereocenters. The predicted octanol–water partition coefficient (Wildman–Crippen LogP) is 2.14. The van der Waals surface area contributed by atoms with E-state index in [0.717, 1.165) is 0 Å². The summed E-state index contributed by atoms with van der Waals surface area (Å²) in [6.07, 6.45) is 1.50. The topological polar surface area (TPSA) is 94.2 Å². The van der Waals surface area contributed by atoms with E-state index in [2.05, 4.69) is 9.82 Å². The number of rotatable bonds is 6. The first-order valence-electron chi connectivity index (χ1n) is 7.33. The van der Waals surface area contributed by atoms with Gasteiger partial charge in [0, 0.05) is 12.6 Å². The van der Waals surface area contributed by atoms with Crippen LogP contribution in [0.4, 0.5) is 0 Å². The van der Waals surface area contributed by atoms with E-state index in [-0.39, 0.29) is 28.6 Å². The van der Waals surface area contributed by atoms with Crippen molar-refractivity contribution in [2.45, 2.75) is 11.4 Å². The van der Waals surface area contributed by atoms with Crippen LogP contribution in [-0.2, 0) is 16.6 Å². The molecule has 0 aliphatic rings. The number of furan rings is 1. The van der Waals surface area contributed by atoms with E-state index in [1.807, 2.05) is 0 Å². The molecule has 2 heterocycles. The lowest BCUT2D eigenvalue weighted by molar-refractivity contribution is 0.539. The zero-order valence-corrected chi connectivity index (χ0v) is 14.5. The first-order valence-corrected chi connectivity index (χ1v) is 9.20. The monoisotopic (exact) mass is 379 g/mol. The quantitative estimate of drug-likeness (QED) is 0.708. The summed E-state index contributed by atoms with van der Waals surface area (Å²) in [6.45, 7) is 0.0547. The van der Waals surface area contributed by atoms with Gasteiger partial charge in [0.25, 0.3) is 5.56 Å². The first kappa shape index (κ1) is 17.4. The standard InChI is InChI=1S/C16H14ClN3O4S/c17-12-4-1-2-6-15(12)25(22,23)18-9-10-20-16(21)8-7-13(19-20)14-5-3-11-24-14/h1-8,11,18H,9-10H2. The van der Waals surface area contributed by atoms with Gasteiger partial charge in [0.15, 0.2) is 5.76 Å². The van der Waals surface area contributed by atoms with Crippen LogP contribution in [0.2, 0.25) is 5.02 Å². The van der Waals surface area contributed by atoms with Gasteiger partial charge in [-0.1, -0.05) is 23.7 Å². The molecule has 0 aliphatic carbocycles. The van der Waals surface area contributed by atoms with Crippen molar-refractivity contribution in [1.82, 2.24) is 14.5 Å². The van der Waals surface area contributed by atoms with Gasteiger partial charge in [0.1, 0.15) is 10.6 Å². The molecule has 1 N–H and O–H groups in total. The van der Waals surface area contributed by atoms with Crippen molar-refractivity contribution in [2.75, 3.05) is 6.54 Å². The minimum atomic E-state index is -3.77. The number of halogens is 1. The van der Waals surface area contributed by atoms with Crippen LogP contribution in [0.25, 0.3) is 11.5 Å². The minimum Gasteiger partial charge on any atom is -0.463 e. The lowest BCUT2D eigenvalue weighted by Gasteiger charge is -2.09. The second-order valence-electron chi connectivity index (χ2n) is 5.09. The van der Waals surface area contributed by atoms with Gasteiger partial charge in [-0.15, -0.1) is 0 Å². The van der Waals surface area contributed by atoms with Crippen molar-refractivity contribution in [3.8, 4) is 11.5 Å². The highest BCUT2D eigenvalue weighted by Gasteiger charge is 2.16. The summed E-state index contributed by atoms with van der Waals surface area (Å²) in [7, 11) is -3.77. The zero-order valence-electron chi connectivity index (χ0n) is 12.9. The predicted molar refractivity (Wildman–Crippen MR) is 92.8 cm³/mol.